The number of benzene rings is 1. The quantitative estimate of drug-likeness (QED) is 0.914. The molecule has 0 unspecified atom stereocenters. The molecule has 0 radical (unpaired) electrons. The van der Waals surface area contributed by atoms with Crippen molar-refractivity contribution in [2.24, 2.45) is 0 Å². The molecule has 5 heteroatoms. The van der Waals surface area contributed by atoms with E-state index in [1.807, 2.05) is 25.1 Å². The predicted molar refractivity (Wildman–Crippen MR) is 76.2 cm³/mol. The third kappa shape index (κ3) is 2.88. The van der Waals surface area contributed by atoms with Crippen molar-refractivity contribution in [1.82, 2.24) is 4.98 Å². The van der Waals surface area contributed by atoms with Crippen LogP contribution in [-0.4, -0.2) is 30.9 Å². The van der Waals surface area contributed by atoms with Crippen LogP contribution >= 0.6 is 11.3 Å². The maximum absolute atomic E-state index is 9.00. The maximum Gasteiger partial charge on any atom is 0.128 e. The lowest BCUT2D eigenvalue weighted by atomic mass is 10.1. The van der Waals surface area contributed by atoms with Gasteiger partial charge in [0.2, 0.25) is 0 Å². The molecule has 0 saturated carbocycles. The van der Waals surface area contributed by atoms with Gasteiger partial charge in [-0.1, -0.05) is 0 Å². The number of aliphatic hydroxyl groups is 1. The van der Waals surface area contributed by atoms with Gasteiger partial charge in [-0.3, -0.25) is 0 Å². The fourth-order valence-electron chi connectivity index (χ4n) is 1.90. The number of aryl methyl sites for hydroxylation is 1. The lowest BCUT2D eigenvalue weighted by molar-refractivity contribution is 0.299. The molecular formula is C14H17NO3S. The Morgan fingerprint density at radius 1 is 1.26 bits per heavy atom. The largest absolute Gasteiger partial charge is 0.497 e. The van der Waals surface area contributed by atoms with Gasteiger partial charge in [0.25, 0.3) is 0 Å². The number of aliphatic hydroxyl groups excluding tert-OH is 1. The van der Waals surface area contributed by atoms with Gasteiger partial charge in [0.05, 0.1) is 24.9 Å². The molecule has 1 aromatic heterocycles. The highest BCUT2D eigenvalue weighted by atomic mass is 32.1. The monoisotopic (exact) mass is 279 g/mol. The molecule has 0 aliphatic heterocycles. The zero-order chi connectivity index (χ0) is 13.8. The van der Waals surface area contributed by atoms with Crippen LogP contribution in [0.2, 0.25) is 0 Å². The van der Waals surface area contributed by atoms with E-state index in [1.165, 1.54) is 0 Å². The molecule has 1 heterocycles. The first kappa shape index (κ1) is 13.8. The van der Waals surface area contributed by atoms with Crippen molar-refractivity contribution < 1.29 is 14.6 Å². The molecule has 102 valence electrons. The summed E-state index contributed by atoms with van der Waals surface area (Å²) in [6.07, 6.45) is 0.581. The van der Waals surface area contributed by atoms with Gasteiger partial charge in [-0.05, 0) is 25.1 Å². The Hall–Kier alpha value is -1.59. The Morgan fingerprint density at radius 3 is 2.68 bits per heavy atom. The topological polar surface area (TPSA) is 51.6 Å². The van der Waals surface area contributed by atoms with E-state index in [-0.39, 0.29) is 6.61 Å². The Balaban J connectivity index is 2.50. The van der Waals surface area contributed by atoms with Crippen LogP contribution in [0, 0.1) is 6.92 Å². The lowest BCUT2D eigenvalue weighted by Crippen LogP contribution is -1.93. The minimum Gasteiger partial charge on any atom is -0.497 e. The van der Waals surface area contributed by atoms with Crippen LogP contribution in [0.1, 0.15) is 9.88 Å². The summed E-state index contributed by atoms with van der Waals surface area (Å²) in [6.45, 7) is 2.13. The molecule has 19 heavy (non-hydrogen) atoms. The van der Waals surface area contributed by atoms with E-state index in [4.69, 9.17) is 14.6 Å². The van der Waals surface area contributed by atoms with Crippen LogP contribution in [-0.2, 0) is 6.42 Å². The average Bonchev–Trinajstić information content (AvgIpc) is 2.79. The second-order valence-electron chi connectivity index (χ2n) is 4.05. The van der Waals surface area contributed by atoms with Crippen molar-refractivity contribution in [1.29, 1.82) is 0 Å². The van der Waals surface area contributed by atoms with Crippen LogP contribution in [0.15, 0.2) is 18.2 Å². The number of nitrogens with zero attached hydrogens (tertiary/aromatic N) is 1. The van der Waals surface area contributed by atoms with E-state index in [0.717, 1.165) is 32.6 Å². The number of hydrogen-bond donors (Lipinski definition) is 1. The fourth-order valence-corrected chi connectivity index (χ4v) is 2.84. The van der Waals surface area contributed by atoms with Crippen LogP contribution in [0.3, 0.4) is 0 Å². The second-order valence-corrected chi connectivity index (χ2v) is 5.34. The summed E-state index contributed by atoms with van der Waals surface area (Å²) in [5, 5.41) is 9.93. The van der Waals surface area contributed by atoms with Crippen molar-refractivity contribution >= 4 is 11.3 Å². The summed E-state index contributed by atoms with van der Waals surface area (Å²) in [5.74, 6) is 1.54. The van der Waals surface area contributed by atoms with Crippen molar-refractivity contribution in [3.05, 3.63) is 28.1 Å². The van der Waals surface area contributed by atoms with Gasteiger partial charge in [0.1, 0.15) is 11.5 Å². The molecule has 0 aliphatic rings. The summed E-state index contributed by atoms with van der Waals surface area (Å²) in [4.78, 5) is 5.68. The predicted octanol–water partition coefficient (Wildman–Crippen LogP) is 2.67. The first-order valence-electron chi connectivity index (χ1n) is 5.99. The molecule has 2 rings (SSSR count). The summed E-state index contributed by atoms with van der Waals surface area (Å²) in [6, 6.07) is 5.65. The third-order valence-corrected chi connectivity index (χ3v) is 3.86. The molecule has 0 spiro atoms. The van der Waals surface area contributed by atoms with E-state index >= 15 is 0 Å². The summed E-state index contributed by atoms with van der Waals surface area (Å²) < 4.78 is 10.6. The third-order valence-electron chi connectivity index (χ3n) is 2.83. The van der Waals surface area contributed by atoms with E-state index in [2.05, 4.69) is 4.98 Å². The highest BCUT2D eigenvalue weighted by Crippen LogP contribution is 2.36. The number of thiazole rings is 1. The minimum absolute atomic E-state index is 0.113. The molecule has 1 aromatic carbocycles. The van der Waals surface area contributed by atoms with E-state index < -0.39 is 0 Å². The van der Waals surface area contributed by atoms with Crippen molar-refractivity contribution in [3.8, 4) is 22.8 Å². The number of rotatable bonds is 5. The molecule has 0 saturated heterocycles. The molecular weight excluding hydrogens is 262 g/mol. The first-order valence-corrected chi connectivity index (χ1v) is 6.80. The second kappa shape index (κ2) is 6.04. The van der Waals surface area contributed by atoms with Gasteiger partial charge < -0.3 is 14.6 Å². The zero-order valence-corrected chi connectivity index (χ0v) is 12.1. The molecule has 0 fully saturated rings. The lowest BCUT2D eigenvalue weighted by Gasteiger charge is -2.09. The summed E-state index contributed by atoms with van der Waals surface area (Å²) >= 11 is 1.60. The normalized spacial score (nSPS) is 10.5. The van der Waals surface area contributed by atoms with Crippen molar-refractivity contribution in [2.45, 2.75) is 13.3 Å². The molecule has 2 aromatic rings. The Labute approximate surface area is 116 Å². The number of hydrogen-bond acceptors (Lipinski definition) is 5. The maximum atomic E-state index is 9.00. The fraction of sp³-hybridized carbons (Fsp3) is 0.357. The van der Waals surface area contributed by atoms with Crippen LogP contribution in [0.4, 0.5) is 0 Å². The van der Waals surface area contributed by atoms with Gasteiger partial charge in [0.15, 0.2) is 0 Å². The van der Waals surface area contributed by atoms with Crippen LogP contribution in [0.25, 0.3) is 11.3 Å². The molecule has 4 nitrogen and oxygen atoms in total. The highest BCUT2D eigenvalue weighted by Gasteiger charge is 2.15. The SMILES string of the molecule is COc1ccc(OC)c(-c2nc(CCO)sc2C)c1. The van der Waals surface area contributed by atoms with Gasteiger partial charge >= 0.3 is 0 Å². The minimum atomic E-state index is 0.113. The van der Waals surface area contributed by atoms with Crippen LogP contribution < -0.4 is 9.47 Å². The number of aromatic nitrogens is 1. The summed E-state index contributed by atoms with van der Waals surface area (Å²) in [7, 11) is 3.28. The Kier molecular flexibility index (Phi) is 4.39. The first-order chi connectivity index (χ1) is 9.19. The van der Waals surface area contributed by atoms with Gasteiger partial charge in [-0.15, -0.1) is 11.3 Å². The van der Waals surface area contributed by atoms with Gasteiger partial charge in [-0.25, -0.2) is 4.98 Å². The molecule has 0 bridgehead atoms. The van der Waals surface area contributed by atoms with Crippen LogP contribution in [0.5, 0.6) is 11.5 Å². The molecule has 0 atom stereocenters. The molecule has 1 N–H and O–H groups in total. The smallest absolute Gasteiger partial charge is 0.128 e. The molecule has 0 aliphatic carbocycles. The average molecular weight is 279 g/mol. The highest BCUT2D eigenvalue weighted by molar-refractivity contribution is 7.12. The number of ether oxygens (including phenoxy) is 2. The van der Waals surface area contributed by atoms with E-state index in [9.17, 15) is 0 Å². The number of methoxy groups -OCH3 is 2. The van der Waals surface area contributed by atoms with E-state index in [0.29, 0.717) is 6.42 Å². The van der Waals surface area contributed by atoms with Crippen molar-refractivity contribution in [3.63, 3.8) is 0 Å². The van der Waals surface area contributed by atoms with Gasteiger partial charge in [-0.2, -0.15) is 0 Å². The zero-order valence-electron chi connectivity index (χ0n) is 11.3. The van der Waals surface area contributed by atoms with E-state index in [1.54, 1.807) is 25.6 Å². The van der Waals surface area contributed by atoms with Gasteiger partial charge in [0, 0.05) is 23.5 Å². The Bertz CT molecular complexity index is 566. The standard InChI is InChI=1S/C14H17NO3S/c1-9-14(15-13(19-9)6-7-16)11-8-10(17-2)4-5-12(11)18-3/h4-5,8,16H,6-7H2,1-3H3. The summed E-state index contributed by atoms with van der Waals surface area (Å²) in [5.41, 5.74) is 1.81. The molecule has 0 amide bonds. The Morgan fingerprint density at radius 2 is 2.05 bits per heavy atom. The van der Waals surface area contributed by atoms with Crippen molar-refractivity contribution in [2.75, 3.05) is 20.8 Å².